The summed E-state index contributed by atoms with van der Waals surface area (Å²) in [6.45, 7) is 8.20. The van der Waals surface area contributed by atoms with E-state index in [1.807, 2.05) is 19.9 Å². The van der Waals surface area contributed by atoms with Crippen LogP contribution in [-0.4, -0.2) is 48.2 Å². The number of aryl methyl sites for hydroxylation is 2. The molecule has 0 bridgehead atoms. The van der Waals surface area contributed by atoms with E-state index in [0.29, 0.717) is 6.54 Å². The number of aromatic nitrogens is 2. The second-order valence-electron chi connectivity index (χ2n) is 6.13. The fourth-order valence-corrected chi connectivity index (χ4v) is 3.11. The number of methoxy groups -OCH3 is 1. The molecule has 1 aliphatic heterocycles. The van der Waals surface area contributed by atoms with Crippen molar-refractivity contribution in [2.45, 2.75) is 20.4 Å². The zero-order valence-corrected chi connectivity index (χ0v) is 14.4. The molecule has 5 nitrogen and oxygen atoms in total. The molecule has 24 heavy (non-hydrogen) atoms. The number of nitrogens with zero attached hydrogens (tertiary/aromatic N) is 4. The van der Waals surface area contributed by atoms with Gasteiger partial charge in [0.15, 0.2) is 0 Å². The summed E-state index contributed by atoms with van der Waals surface area (Å²) in [6, 6.07) is 6.70. The molecule has 1 aromatic carbocycles. The highest BCUT2D eigenvalue weighted by Crippen LogP contribution is 2.22. The minimum atomic E-state index is -0.226. The highest BCUT2D eigenvalue weighted by molar-refractivity contribution is 5.40. The Kier molecular flexibility index (Phi) is 4.94. The van der Waals surface area contributed by atoms with E-state index in [2.05, 4.69) is 19.8 Å². The minimum Gasteiger partial charge on any atom is -0.496 e. The second kappa shape index (κ2) is 7.13. The van der Waals surface area contributed by atoms with Crippen LogP contribution in [-0.2, 0) is 6.54 Å². The van der Waals surface area contributed by atoms with Crippen LogP contribution < -0.4 is 9.64 Å². The molecule has 128 valence electrons. The van der Waals surface area contributed by atoms with Crippen molar-refractivity contribution in [2.75, 3.05) is 38.2 Å². The Balaban J connectivity index is 1.64. The Bertz CT molecular complexity index is 694. The summed E-state index contributed by atoms with van der Waals surface area (Å²) in [5.41, 5.74) is 1.88. The van der Waals surface area contributed by atoms with Crippen molar-refractivity contribution >= 4 is 5.82 Å². The van der Waals surface area contributed by atoms with Crippen molar-refractivity contribution in [2.24, 2.45) is 0 Å². The Morgan fingerprint density at radius 2 is 1.83 bits per heavy atom. The molecule has 0 atom stereocenters. The molecule has 1 fully saturated rings. The van der Waals surface area contributed by atoms with Crippen LogP contribution in [0.15, 0.2) is 24.3 Å². The van der Waals surface area contributed by atoms with Crippen LogP contribution in [0.1, 0.15) is 17.1 Å². The van der Waals surface area contributed by atoms with Crippen LogP contribution in [0, 0.1) is 19.7 Å². The first kappa shape index (κ1) is 16.6. The van der Waals surface area contributed by atoms with Gasteiger partial charge in [0.25, 0.3) is 0 Å². The van der Waals surface area contributed by atoms with E-state index in [-0.39, 0.29) is 5.82 Å². The average Bonchev–Trinajstić information content (AvgIpc) is 2.55. The van der Waals surface area contributed by atoms with Crippen molar-refractivity contribution in [3.63, 3.8) is 0 Å². The maximum absolute atomic E-state index is 13.5. The van der Waals surface area contributed by atoms with Crippen molar-refractivity contribution in [3.05, 3.63) is 47.2 Å². The number of halogens is 1. The van der Waals surface area contributed by atoms with Crippen molar-refractivity contribution < 1.29 is 9.13 Å². The second-order valence-corrected chi connectivity index (χ2v) is 6.13. The smallest absolute Gasteiger partial charge is 0.132 e. The van der Waals surface area contributed by atoms with E-state index < -0.39 is 0 Å². The van der Waals surface area contributed by atoms with Crippen LogP contribution in [0.4, 0.5) is 10.2 Å². The molecule has 1 saturated heterocycles. The van der Waals surface area contributed by atoms with Gasteiger partial charge in [-0.25, -0.2) is 14.4 Å². The normalized spacial score (nSPS) is 15.6. The van der Waals surface area contributed by atoms with Crippen molar-refractivity contribution in [3.8, 4) is 5.75 Å². The van der Waals surface area contributed by atoms with Crippen molar-refractivity contribution in [1.82, 2.24) is 14.9 Å². The van der Waals surface area contributed by atoms with Crippen LogP contribution in [0.5, 0.6) is 5.75 Å². The molecule has 0 saturated carbocycles. The van der Waals surface area contributed by atoms with Gasteiger partial charge < -0.3 is 9.64 Å². The molecule has 2 heterocycles. The standard InChI is InChI=1S/C18H23FN4O/c1-13-10-18(21-14(2)20-13)23-8-6-22(7-9-23)12-15-11-16(19)4-5-17(15)24-3/h4-5,10-11H,6-9,12H2,1-3H3. The lowest BCUT2D eigenvalue weighted by molar-refractivity contribution is 0.245. The maximum atomic E-state index is 13.5. The van der Waals surface area contributed by atoms with Crippen LogP contribution in [0.2, 0.25) is 0 Å². The summed E-state index contributed by atoms with van der Waals surface area (Å²) in [7, 11) is 1.62. The van der Waals surface area contributed by atoms with Gasteiger partial charge in [-0.3, -0.25) is 4.90 Å². The van der Waals surface area contributed by atoms with E-state index in [1.165, 1.54) is 6.07 Å². The quantitative estimate of drug-likeness (QED) is 0.862. The summed E-state index contributed by atoms with van der Waals surface area (Å²) in [4.78, 5) is 13.5. The van der Waals surface area contributed by atoms with Gasteiger partial charge in [-0.2, -0.15) is 0 Å². The number of anilines is 1. The molecule has 3 rings (SSSR count). The van der Waals surface area contributed by atoms with Crippen molar-refractivity contribution in [1.29, 1.82) is 0 Å². The Morgan fingerprint density at radius 3 is 2.50 bits per heavy atom. The van der Waals surface area contributed by atoms with E-state index in [1.54, 1.807) is 19.2 Å². The maximum Gasteiger partial charge on any atom is 0.132 e. The van der Waals surface area contributed by atoms with Gasteiger partial charge in [-0.15, -0.1) is 0 Å². The topological polar surface area (TPSA) is 41.5 Å². The number of ether oxygens (including phenoxy) is 1. The molecule has 1 aliphatic rings. The first-order chi connectivity index (χ1) is 11.5. The number of hydrogen-bond acceptors (Lipinski definition) is 5. The van der Waals surface area contributed by atoms with E-state index in [0.717, 1.165) is 54.8 Å². The van der Waals surface area contributed by atoms with Crippen LogP contribution in [0.3, 0.4) is 0 Å². The third kappa shape index (κ3) is 3.82. The summed E-state index contributed by atoms with van der Waals surface area (Å²) >= 11 is 0. The summed E-state index contributed by atoms with van der Waals surface area (Å²) in [6.07, 6.45) is 0. The van der Waals surface area contributed by atoms with Gasteiger partial charge in [0, 0.05) is 50.0 Å². The fraction of sp³-hybridized carbons (Fsp3) is 0.444. The number of piperazine rings is 1. The Hall–Kier alpha value is -2.21. The fourth-order valence-electron chi connectivity index (χ4n) is 3.11. The Labute approximate surface area is 142 Å². The molecule has 6 heteroatoms. The number of rotatable bonds is 4. The molecule has 0 spiro atoms. The van der Waals surface area contributed by atoms with Gasteiger partial charge in [0.2, 0.25) is 0 Å². The first-order valence-corrected chi connectivity index (χ1v) is 8.17. The molecule has 0 amide bonds. The van der Waals surface area contributed by atoms with E-state index in [9.17, 15) is 4.39 Å². The molecule has 0 N–H and O–H groups in total. The van der Waals surface area contributed by atoms with E-state index >= 15 is 0 Å². The molecule has 0 unspecified atom stereocenters. The van der Waals surface area contributed by atoms with Gasteiger partial charge in [-0.05, 0) is 32.0 Å². The molecule has 2 aromatic rings. The average molecular weight is 330 g/mol. The SMILES string of the molecule is COc1ccc(F)cc1CN1CCN(c2cc(C)nc(C)n2)CC1. The zero-order chi connectivity index (χ0) is 17.1. The minimum absolute atomic E-state index is 0.226. The van der Waals surface area contributed by atoms with Gasteiger partial charge in [0.1, 0.15) is 23.2 Å². The van der Waals surface area contributed by atoms with Gasteiger partial charge in [-0.1, -0.05) is 0 Å². The predicted molar refractivity (Wildman–Crippen MR) is 91.9 cm³/mol. The lowest BCUT2D eigenvalue weighted by Gasteiger charge is -2.35. The monoisotopic (exact) mass is 330 g/mol. The lowest BCUT2D eigenvalue weighted by atomic mass is 10.1. The predicted octanol–water partition coefficient (Wildman–Crippen LogP) is 2.56. The molecular formula is C18H23FN4O. The summed E-state index contributed by atoms with van der Waals surface area (Å²) in [5.74, 6) is 2.30. The lowest BCUT2D eigenvalue weighted by Crippen LogP contribution is -2.46. The third-order valence-electron chi connectivity index (χ3n) is 4.29. The highest BCUT2D eigenvalue weighted by atomic mass is 19.1. The van der Waals surface area contributed by atoms with Crippen LogP contribution in [0.25, 0.3) is 0 Å². The number of hydrogen-bond donors (Lipinski definition) is 0. The van der Waals surface area contributed by atoms with Crippen LogP contribution >= 0.6 is 0 Å². The van der Waals surface area contributed by atoms with E-state index in [4.69, 9.17) is 4.74 Å². The highest BCUT2D eigenvalue weighted by Gasteiger charge is 2.20. The molecule has 1 aromatic heterocycles. The summed E-state index contributed by atoms with van der Waals surface area (Å²) in [5, 5.41) is 0. The van der Waals surface area contributed by atoms with Gasteiger partial charge >= 0.3 is 0 Å². The Morgan fingerprint density at radius 1 is 1.08 bits per heavy atom. The largest absolute Gasteiger partial charge is 0.496 e. The zero-order valence-electron chi connectivity index (χ0n) is 14.4. The van der Waals surface area contributed by atoms with Gasteiger partial charge in [0.05, 0.1) is 7.11 Å². The third-order valence-corrected chi connectivity index (χ3v) is 4.29. The molecule has 0 aliphatic carbocycles. The molecular weight excluding hydrogens is 307 g/mol. The summed E-state index contributed by atoms with van der Waals surface area (Å²) < 4.78 is 18.8. The number of benzene rings is 1. The first-order valence-electron chi connectivity index (χ1n) is 8.17. The molecule has 0 radical (unpaired) electrons.